The van der Waals surface area contributed by atoms with Crippen molar-refractivity contribution in [2.24, 2.45) is 23.7 Å². The van der Waals surface area contributed by atoms with Gasteiger partial charge < -0.3 is 0 Å². The number of imide groups is 1. The van der Waals surface area contributed by atoms with Crippen molar-refractivity contribution in [1.29, 1.82) is 0 Å². The van der Waals surface area contributed by atoms with Gasteiger partial charge in [-0.1, -0.05) is 69.6 Å². The maximum atomic E-state index is 12.8. The lowest BCUT2D eigenvalue weighted by molar-refractivity contribution is -0.603. The Morgan fingerprint density at radius 2 is 1.39 bits per heavy atom. The third-order valence-corrected chi connectivity index (χ3v) is 10.1. The van der Waals surface area contributed by atoms with Crippen LogP contribution in [0.5, 0.6) is 0 Å². The van der Waals surface area contributed by atoms with E-state index in [-0.39, 0.29) is 9.82 Å². The first-order chi connectivity index (χ1) is 13.8. The van der Waals surface area contributed by atoms with Crippen LogP contribution in [0.4, 0.5) is 0 Å². The minimum Gasteiger partial charge on any atom is -0.298 e. The quantitative estimate of drug-likeness (QED) is 0.148. The predicted molar refractivity (Wildman–Crippen MR) is 104 cm³/mol. The number of carbonyl (C=O) groups is 3. The van der Waals surface area contributed by atoms with E-state index in [0.29, 0.717) is 0 Å². The molecule has 3 rings (SSSR count). The Bertz CT molecular complexity index is 1100. The number of alkyl halides is 6. The van der Waals surface area contributed by atoms with Gasteiger partial charge in [-0.15, -0.1) is 9.35 Å². The minimum absolute atomic E-state index is 0.0245. The molecule has 1 aliphatic carbocycles. The summed E-state index contributed by atoms with van der Waals surface area (Å²) in [5.41, 5.74) is 0. The van der Waals surface area contributed by atoms with Crippen molar-refractivity contribution in [3.8, 4) is 0 Å². The maximum absolute atomic E-state index is 12.8. The zero-order chi connectivity index (χ0) is 23.9. The van der Waals surface area contributed by atoms with Crippen LogP contribution in [-0.4, -0.2) is 63.3 Å². The number of hydrogen-bond donors (Lipinski definition) is 0. The van der Waals surface area contributed by atoms with Gasteiger partial charge in [0.05, 0.1) is 11.8 Å². The largest absolute Gasteiger partial charge is 0.338 e. The molecule has 5 atom stereocenters. The van der Waals surface area contributed by atoms with Crippen molar-refractivity contribution in [2.45, 2.75) is 12.5 Å². The van der Waals surface area contributed by atoms with Crippen molar-refractivity contribution in [2.75, 3.05) is 6.54 Å². The number of carbonyl (C=O) groups excluding carboxylic acids is 3. The van der Waals surface area contributed by atoms with Crippen LogP contribution in [0.2, 0.25) is 0 Å². The van der Waals surface area contributed by atoms with Crippen LogP contribution in [0, 0.1) is 28.6 Å². The maximum Gasteiger partial charge on any atom is 0.338 e. The molecular formula is C11H7Cl6N2O10S2+. The highest BCUT2D eigenvalue weighted by molar-refractivity contribution is 7.93. The SMILES string of the molecule is O=C1C2C(=O)N(OS(=O)(=O)C(Cl)(Cl)Cl)C(=O)C2C2C[N+](=O)C(OS(=O)(=O)C(Cl)(Cl)Cl)C12. The summed E-state index contributed by atoms with van der Waals surface area (Å²) in [5.74, 6) is -9.96. The molecule has 0 N–H and O–H groups in total. The monoisotopic (exact) mass is 601 g/mol. The Morgan fingerprint density at radius 1 is 0.871 bits per heavy atom. The lowest BCUT2D eigenvalue weighted by Gasteiger charge is -2.19. The Hall–Kier alpha value is -0.0300. The molecule has 2 amide bonds. The number of hydrogen-bond acceptors (Lipinski definition) is 10. The van der Waals surface area contributed by atoms with Gasteiger partial charge in [0.1, 0.15) is 11.8 Å². The number of ketones is 1. The summed E-state index contributed by atoms with van der Waals surface area (Å²) < 4.78 is 50.5. The zero-order valence-electron chi connectivity index (χ0n) is 14.2. The summed E-state index contributed by atoms with van der Waals surface area (Å²) in [6, 6.07) is 0. The zero-order valence-corrected chi connectivity index (χ0v) is 20.3. The molecule has 20 heteroatoms. The molecule has 2 heterocycles. The van der Waals surface area contributed by atoms with E-state index in [4.69, 9.17) is 69.6 Å². The topological polar surface area (TPSA) is 161 Å². The molecule has 0 aromatic heterocycles. The van der Waals surface area contributed by atoms with Gasteiger partial charge in [-0.25, -0.2) is 0 Å². The van der Waals surface area contributed by atoms with E-state index < -0.39 is 80.5 Å². The van der Waals surface area contributed by atoms with Crippen LogP contribution in [-0.2, 0) is 43.1 Å². The van der Waals surface area contributed by atoms with Crippen molar-refractivity contribution in [3.63, 3.8) is 0 Å². The molecule has 31 heavy (non-hydrogen) atoms. The summed E-state index contributed by atoms with van der Waals surface area (Å²) in [6.07, 6.45) is -2.02. The molecule has 174 valence electrons. The van der Waals surface area contributed by atoms with Gasteiger partial charge >= 0.3 is 32.7 Å². The van der Waals surface area contributed by atoms with Crippen LogP contribution in [0.3, 0.4) is 0 Å². The normalized spacial score (nSPS) is 32.1. The molecule has 3 aliphatic rings. The lowest BCUT2D eigenvalue weighted by atomic mass is 9.90. The Labute approximate surface area is 203 Å². The van der Waals surface area contributed by atoms with Crippen LogP contribution in [0.1, 0.15) is 0 Å². The molecule has 2 aliphatic heterocycles. The fourth-order valence-electron chi connectivity index (χ4n) is 3.61. The highest BCUT2D eigenvalue weighted by Gasteiger charge is 2.73. The molecule has 0 bridgehead atoms. The van der Waals surface area contributed by atoms with Crippen molar-refractivity contribution < 1.29 is 44.4 Å². The molecule has 1 saturated carbocycles. The highest BCUT2D eigenvalue weighted by Crippen LogP contribution is 2.51. The van der Waals surface area contributed by atoms with Gasteiger partial charge in [0.2, 0.25) is 0 Å². The highest BCUT2D eigenvalue weighted by atomic mass is 35.6. The molecule has 2 saturated heterocycles. The molecule has 0 aromatic rings. The standard InChI is InChI=1S/C11H7Cl6N2O10S2/c12-10(13,14)30(24,25)28-9-4-2(1-18(9)23)3-5(6(4)20)8(22)19(7(3)21)29-31(26,27)11(15,16)17/h2-5,9H,1H2/q+1. The van der Waals surface area contributed by atoms with E-state index in [1.54, 1.807) is 0 Å². The van der Waals surface area contributed by atoms with E-state index >= 15 is 0 Å². The lowest BCUT2D eigenvalue weighted by Crippen LogP contribution is -2.42. The Balaban J connectivity index is 1.91. The van der Waals surface area contributed by atoms with Gasteiger partial charge in [0.25, 0.3) is 11.8 Å². The van der Waals surface area contributed by atoms with E-state index in [1.165, 1.54) is 0 Å². The Kier molecular flexibility index (Phi) is 6.40. The van der Waals surface area contributed by atoms with E-state index in [9.17, 15) is 36.1 Å². The third kappa shape index (κ3) is 4.06. The summed E-state index contributed by atoms with van der Waals surface area (Å²) in [4.78, 5) is 50.2. The van der Waals surface area contributed by atoms with Crippen molar-refractivity contribution in [3.05, 3.63) is 4.91 Å². The fraction of sp³-hybridized carbons (Fsp3) is 0.727. The second-order valence-corrected chi connectivity index (χ2v) is 15.8. The molecule has 3 fully saturated rings. The second kappa shape index (κ2) is 7.75. The summed E-state index contributed by atoms with van der Waals surface area (Å²) >= 11 is 31.5. The smallest absolute Gasteiger partial charge is 0.298 e. The molecule has 0 spiro atoms. The van der Waals surface area contributed by atoms with Crippen LogP contribution < -0.4 is 0 Å². The number of nitroso groups, excluding NO2 is 1. The predicted octanol–water partition coefficient (Wildman–Crippen LogP) is 0.785. The van der Waals surface area contributed by atoms with Gasteiger partial charge in [-0.05, 0) is 0 Å². The third-order valence-electron chi connectivity index (χ3n) is 4.81. The number of Topliss-reactive ketones (excluding diaryl/α,β-unsaturated/α-hetero) is 1. The number of rotatable bonds is 4. The molecule has 12 nitrogen and oxygen atoms in total. The number of fused-ring (bicyclic) bond motifs is 3. The Morgan fingerprint density at radius 3 is 1.87 bits per heavy atom. The first-order valence-corrected chi connectivity index (χ1v) is 12.8. The summed E-state index contributed by atoms with van der Waals surface area (Å²) in [5, 5.41) is -0.248. The fourth-order valence-corrected chi connectivity index (χ4v) is 5.21. The first kappa shape index (κ1) is 25.6. The number of nitrogens with zero attached hydrogens (tertiary/aromatic N) is 2. The van der Waals surface area contributed by atoms with Crippen molar-refractivity contribution in [1.82, 2.24) is 5.06 Å². The summed E-state index contributed by atoms with van der Waals surface area (Å²) in [6.45, 7) is -0.637. The van der Waals surface area contributed by atoms with Crippen LogP contribution in [0.15, 0.2) is 0 Å². The van der Waals surface area contributed by atoms with E-state index in [0.717, 1.165) is 0 Å². The molecule has 5 unspecified atom stereocenters. The number of amides is 2. The van der Waals surface area contributed by atoms with Gasteiger partial charge in [-0.2, -0.15) is 21.0 Å². The van der Waals surface area contributed by atoms with Gasteiger partial charge in [0.15, 0.2) is 12.3 Å². The number of hydroxylamine groups is 2. The molecule has 0 aromatic carbocycles. The number of halogens is 6. The second-order valence-electron chi connectivity index (χ2n) is 6.53. The van der Waals surface area contributed by atoms with Gasteiger partial charge in [-0.3, -0.25) is 14.4 Å². The molecule has 0 radical (unpaired) electrons. The average molecular weight is 604 g/mol. The average Bonchev–Trinajstić information content (AvgIpc) is 3.11. The molecular weight excluding hydrogens is 597 g/mol. The first-order valence-electron chi connectivity index (χ1n) is 7.67. The van der Waals surface area contributed by atoms with E-state index in [1.807, 2.05) is 0 Å². The summed E-state index contributed by atoms with van der Waals surface area (Å²) in [7, 11) is -10.1. The minimum atomic E-state index is -5.13. The van der Waals surface area contributed by atoms with Crippen LogP contribution >= 0.6 is 69.6 Å². The van der Waals surface area contributed by atoms with E-state index in [2.05, 4.69) is 8.47 Å². The van der Waals surface area contributed by atoms with Crippen molar-refractivity contribution >= 4 is 107 Å². The van der Waals surface area contributed by atoms with Gasteiger partial charge in [0, 0.05) is 9.67 Å². The van der Waals surface area contributed by atoms with Crippen LogP contribution in [0.25, 0.3) is 0 Å².